The molecule has 0 amide bonds. The van der Waals surface area contributed by atoms with Crippen LogP contribution in [0.2, 0.25) is 0 Å². The van der Waals surface area contributed by atoms with Crippen molar-refractivity contribution in [3.05, 3.63) is 12.2 Å². The molecule has 0 aliphatic heterocycles. The van der Waals surface area contributed by atoms with Crippen LogP contribution in [0.15, 0.2) is 12.2 Å². The molecule has 0 aliphatic carbocycles. The van der Waals surface area contributed by atoms with Crippen molar-refractivity contribution < 1.29 is 23.8 Å². The summed E-state index contributed by atoms with van der Waals surface area (Å²) in [6, 6.07) is 0. The van der Waals surface area contributed by atoms with Crippen molar-refractivity contribution in [1.29, 1.82) is 0 Å². The number of carbonyl (C=O) groups is 2. The van der Waals surface area contributed by atoms with Gasteiger partial charge in [-0.2, -0.15) is 0 Å². The molecule has 0 radical (unpaired) electrons. The minimum absolute atomic E-state index is 0.0482. The molecule has 0 unspecified atom stereocenters. The first-order valence-electron chi connectivity index (χ1n) is 5.92. The van der Waals surface area contributed by atoms with Crippen LogP contribution >= 0.6 is 0 Å². The van der Waals surface area contributed by atoms with Gasteiger partial charge in [-0.3, -0.25) is 4.79 Å². The number of rotatable bonds is 7. The van der Waals surface area contributed by atoms with E-state index in [9.17, 15) is 9.59 Å². The first-order chi connectivity index (χ1) is 8.22. The molecule has 0 rings (SSSR count). The summed E-state index contributed by atoms with van der Waals surface area (Å²) < 4.78 is 15.4. The number of ketones is 1. The van der Waals surface area contributed by atoms with Gasteiger partial charge in [0.2, 0.25) is 0 Å². The van der Waals surface area contributed by atoms with Crippen molar-refractivity contribution in [2.75, 3.05) is 13.2 Å². The van der Waals surface area contributed by atoms with Crippen molar-refractivity contribution in [3.8, 4) is 0 Å². The highest BCUT2D eigenvalue weighted by Crippen LogP contribution is 2.13. The van der Waals surface area contributed by atoms with Gasteiger partial charge >= 0.3 is 5.97 Å². The zero-order valence-electron chi connectivity index (χ0n) is 11.7. The number of hydrogen-bond donors (Lipinski definition) is 0. The minimum Gasteiger partial charge on any atom is -0.454 e. The second-order valence-electron chi connectivity index (χ2n) is 4.60. The van der Waals surface area contributed by atoms with Gasteiger partial charge in [0.15, 0.2) is 6.29 Å². The number of Topliss-reactive ketones (excluding diaryl/α,β-unsaturated/α-hetero) is 1. The molecule has 5 nitrogen and oxygen atoms in total. The van der Waals surface area contributed by atoms with Crippen molar-refractivity contribution in [2.45, 2.75) is 46.5 Å². The highest BCUT2D eigenvalue weighted by Gasteiger charge is 2.29. The van der Waals surface area contributed by atoms with Crippen LogP contribution in [-0.4, -0.2) is 36.9 Å². The Labute approximate surface area is 108 Å². The third-order valence-corrected chi connectivity index (χ3v) is 1.80. The molecule has 0 aromatic carbocycles. The van der Waals surface area contributed by atoms with Crippen LogP contribution in [0.4, 0.5) is 0 Å². The Morgan fingerprint density at radius 2 is 1.56 bits per heavy atom. The highest BCUT2D eigenvalue weighted by molar-refractivity contribution is 6.40. The van der Waals surface area contributed by atoms with Gasteiger partial charge in [0.1, 0.15) is 5.60 Å². The molecule has 0 saturated carbocycles. The highest BCUT2D eigenvalue weighted by atomic mass is 16.7. The van der Waals surface area contributed by atoms with E-state index in [1.54, 1.807) is 34.6 Å². The van der Waals surface area contributed by atoms with Crippen LogP contribution in [0.5, 0.6) is 0 Å². The molecule has 5 heteroatoms. The van der Waals surface area contributed by atoms with E-state index in [4.69, 9.17) is 14.2 Å². The molecule has 0 atom stereocenters. The SMILES string of the molecule is C=C(C(=O)C(=O)OC(C)(C)C)C(OCC)OCC. The summed E-state index contributed by atoms with van der Waals surface area (Å²) in [6.07, 6.45) is -0.903. The molecule has 0 bridgehead atoms. The normalized spacial score (nSPS) is 11.4. The van der Waals surface area contributed by atoms with E-state index in [0.29, 0.717) is 13.2 Å². The zero-order chi connectivity index (χ0) is 14.3. The fraction of sp³-hybridized carbons (Fsp3) is 0.692. The average molecular weight is 258 g/mol. The summed E-state index contributed by atoms with van der Waals surface area (Å²) in [6.45, 7) is 12.8. The molecule has 18 heavy (non-hydrogen) atoms. The average Bonchev–Trinajstić information content (AvgIpc) is 2.24. The van der Waals surface area contributed by atoms with Crippen LogP contribution in [0.3, 0.4) is 0 Å². The quantitative estimate of drug-likeness (QED) is 0.302. The van der Waals surface area contributed by atoms with Crippen molar-refractivity contribution in [3.63, 3.8) is 0 Å². The Morgan fingerprint density at radius 3 is 1.89 bits per heavy atom. The fourth-order valence-corrected chi connectivity index (χ4v) is 1.11. The Morgan fingerprint density at radius 1 is 1.11 bits per heavy atom. The van der Waals surface area contributed by atoms with Gasteiger partial charge in [0, 0.05) is 13.2 Å². The first kappa shape index (κ1) is 16.8. The van der Waals surface area contributed by atoms with Crippen molar-refractivity contribution in [2.24, 2.45) is 0 Å². The van der Waals surface area contributed by atoms with Crippen LogP contribution in [0.1, 0.15) is 34.6 Å². The maximum absolute atomic E-state index is 11.8. The van der Waals surface area contributed by atoms with Gasteiger partial charge in [-0.15, -0.1) is 0 Å². The molecule has 0 heterocycles. The molecule has 0 aromatic heterocycles. The predicted octanol–water partition coefficient (Wildman–Crippen LogP) is 1.85. The summed E-state index contributed by atoms with van der Waals surface area (Å²) in [5, 5.41) is 0. The molecular formula is C13H22O5. The van der Waals surface area contributed by atoms with E-state index >= 15 is 0 Å². The Bertz CT molecular complexity index is 308. The zero-order valence-corrected chi connectivity index (χ0v) is 11.7. The van der Waals surface area contributed by atoms with Gasteiger partial charge in [-0.1, -0.05) is 6.58 Å². The molecular weight excluding hydrogens is 236 g/mol. The Hall–Kier alpha value is -1.20. The minimum atomic E-state index is -0.947. The largest absolute Gasteiger partial charge is 0.454 e. The first-order valence-corrected chi connectivity index (χ1v) is 5.92. The summed E-state index contributed by atoms with van der Waals surface area (Å²) in [7, 11) is 0. The number of esters is 1. The lowest BCUT2D eigenvalue weighted by atomic mass is 10.1. The molecule has 0 aliphatic rings. The smallest absolute Gasteiger partial charge is 0.380 e. The Balaban J connectivity index is 4.65. The van der Waals surface area contributed by atoms with E-state index in [1.165, 1.54) is 0 Å². The van der Waals surface area contributed by atoms with E-state index in [0.717, 1.165) is 0 Å². The summed E-state index contributed by atoms with van der Waals surface area (Å²) in [4.78, 5) is 23.3. The lowest BCUT2D eigenvalue weighted by molar-refractivity contribution is -0.164. The molecule has 0 spiro atoms. The van der Waals surface area contributed by atoms with Crippen LogP contribution in [0.25, 0.3) is 0 Å². The number of ether oxygens (including phenoxy) is 3. The predicted molar refractivity (Wildman–Crippen MR) is 67.0 cm³/mol. The van der Waals surface area contributed by atoms with Gasteiger partial charge in [-0.05, 0) is 34.6 Å². The number of carbonyl (C=O) groups excluding carboxylic acids is 2. The third kappa shape index (κ3) is 5.93. The van der Waals surface area contributed by atoms with Crippen LogP contribution < -0.4 is 0 Å². The van der Waals surface area contributed by atoms with Crippen LogP contribution in [-0.2, 0) is 23.8 Å². The number of hydrogen-bond acceptors (Lipinski definition) is 5. The van der Waals surface area contributed by atoms with Crippen molar-refractivity contribution >= 4 is 11.8 Å². The monoisotopic (exact) mass is 258 g/mol. The standard InChI is InChI=1S/C13H22O5/c1-7-16-12(17-8-2)9(3)10(14)11(15)18-13(4,5)6/h12H,3,7-8H2,1-2,4-6H3. The molecule has 0 N–H and O–H groups in total. The molecule has 0 aromatic rings. The third-order valence-electron chi connectivity index (χ3n) is 1.80. The topological polar surface area (TPSA) is 61.8 Å². The van der Waals surface area contributed by atoms with Gasteiger partial charge < -0.3 is 14.2 Å². The van der Waals surface area contributed by atoms with E-state index in [1.807, 2.05) is 0 Å². The van der Waals surface area contributed by atoms with Gasteiger partial charge in [0.25, 0.3) is 5.78 Å². The molecule has 104 valence electrons. The Kier molecular flexibility index (Phi) is 6.80. The van der Waals surface area contributed by atoms with E-state index in [2.05, 4.69) is 6.58 Å². The maximum atomic E-state index is 11.8. The molecule has 0 fully saturated rings. The van der Waals surface area contributed by atoms with Crippen molar-refractivity contribution in [1.82, 2.24) is 0 Å². The maximum Gasteiger partial charge on any atom is 0.380 e. The van der Waals surface area contributed by atoms with Gasteiger partial charge in [-0.25, -0.2) is 4.79 Å². The van der Waals surface area contributed by atoms with Crippen LogP contribution in [0, 0.1) is 0 Å². The fourth-order valence-electron chi connectivity index (χ4n) is 1.11. The summed E-state index contributed by atoms with van der Waals surface area (Å²) in [5.74, 6) is -1.77. The summed E-state index contributed by atoms with van der Waals surface area (Å²) >= 11 is 0. The molecule has 0 saturated heterocycles. The lowest BCUT2D eigenvalue weighted by Gasteiger charge is -2.21. The van der Waals surface area contributed by atoms with E-state index in [-0.39, 0.29) is 5.57 Å². The second kappa shape index (κ2) is 7.28. The lowest BCUT2D eigenvalue weighted by Crippen LogP contribution is -2.33. The van der Waals surface area contributed by atoms with Gasteiger partial charge in [0.05, 0.1) is 5.57 Å². The second-order valence-corrected chi connectivity index (χ2v) is 4.60. The summed E-state index contributed by atoms with van der Waals surface area (Å²) in [5.41, 5.74) is -0.771. The van der Waals surface area contributed by atoms with E-state index < -0.39 is 23.6 Å².